The van der Waals surface area contributed by atoms with E-state index in [1.807, 2.05) is 6.07 Å². The predicted molar refractivity (Wildman–Crippen MR) is 221 cm³/mol. The predicted octanol–water partition coefficient (Wildman–Crippen LogP) is 13.7. The summed E-state index contributed by atoms with van der Waals surface area (Å²) in [5.41, 5.74) is 12.1. The van der Waals surface area contributed by atoms with E-state index in [1.54, 1.807) is 0 Å². The Balaban J connectivity index is 1.32. The lowest BCUT2D eigenvalue weighted by Crippen LogP contribution is -2.28. The van der Waals surface area contributed by atoms with Gasteiger partial charge in [0.2, 0.25) is 0 Å². The van der Waals surface area contributed by atoms with Crippen LogP contribution in [0.15, 0.2) is 205 Å². The van der Waals surface area contributed by atoms with Crippen LogP contribution in [0.2, 0.25) is 0 Å². The molecule has 2 nitrogen and oxygen atoms in total. The lowest BCUT2D eigenvalue weighted by Gasteiger charge is -2.34. The highest BCUT2D eigenvalue weighted by atomic mass is 16.3. The zero-order chi connectivity index (χ0) is 34.9. The van der Waals surface area contributed by atoms with Crippen molar-refractivity contribution in [1.82, 2.24) is 0 Å². The van der Waals surface area contributed by atoms with Crippen LogP contribution in [-0.2, 0) is 5.41 Å². The van der Waals surface area contributed by atoms with Gasteiger partial charge in [0.25, 0.3) is 0 Å². The van der Waals surface area contributed by atoms with Gasteiger partial charge in [-0.1, -0.05) is 170 Å². The summed E-state index contributed by atoms with van der Waals surface area (Å²) in [5, 5.41) is 7.06. The van der Waals surface area contributed by atoms with Gasteiger partial charge in [0.05, 0.1) is 27.9 Å². The van der Waals surface area contributed by atoms with Crippen LogP contribution in [0.4, 0.5) is 17.1 Å². The molecular formula is C51H33NO. The van der Waals surface area contributed by atoms with Crippen molar-refractivity contribution in [2.75, 3.05) is 4.90 Å². The van der Waals surface area contributed by atoms with E-state index in [4.69, 9.17) is 4.42 Å². The Morgan fingerprint density at radius 3 is 1.74 bits per heavy atom. The van der Waals surface area contributed by atoms with E-state index in [2.05, 4.69) is 199 Å². The SMILES string of the molecule is c1ccc(C2(c3ccccc3)c3ccccc3-c3c(N(c4cc5ccccc5c5ccccc45)c4cccc5oc6ccccc6c45)cccc32)cc1. The summed E-state index contributed by atoms with van der Waals surface area (Å²) in [6.07, 6.45) is 0. The number of fused-ring (bicyclic) bond motifs is 9. The summed E-state index contributed by atoms with van der Waals surface area (Å²) in [4.78, 5) is 2.51. The lowest BCUT2D eigenvalue weighted by molar-refractivity contribution is 0.669. The topological polar surface area (TPSA) is 16.4 Å². The number of nitrogens with zero attached hydrogens (tertiary/aromatic N) is 1. The number of para-hydroxylation sites is 1. The molecule has 0 radical (unpaired) electrons. The molecule has 0 N–H and O–H groups in total. The maximum atomic E-state index is 6.54. The van der Waals surface area contributed by atoms with Crippen molar-refractivity contribution in [1.29, 1.82) is 0 Å². The molecule has 0 unspecified atom stereocenters. The molecule has 0 saturated carbocycles. The van der Waals surface area contributed by atoms with E-state index in [0.717, 1.165) is 39.0 Å². The summed E-state index contributed by atoms with van der Waals surface area (Å²) in [5.74, 6) is 0. The highest BCUT2D eigenvalue weighted by Crippen LogP contribution is 2.60. The fourth-order valence-electron chi connectivity index (χ4n) is 9.21. The highest BCUT2D eigenvalue weighted by Gasteiger charge is 2.47. The first-order valence-corrected chi connectivity index (χ1v) is 18.3. The molecule has 9 aromatic carbocycles. The molecule has 11 rings (SSSR count). The molecule has 1 heterocycles. The van der Waals surface area contributed by atoms with Crippen molar-refractivity contribution in [3.8, 4) is 11.1 Å². The van der Waals surface area contributed by atoms with Gasteiger partial charge in [-0.2, -0.15) is 0 Å². The quantitative estimate of drug-likeness (QED) is 0.169. The number of benzene rings is 9. The Hall–Kier alpha value is -6.90. The molecule has 248 valence electrons. The van der Waals surface area contributed by atoms with Crippen LogP contribution in [0.3, 0.4) is 0 Å². The number of furan rings is 1. The number of hydrogen-bond donors (Lipinski definition) is 0. The second-order valence-corrected chi connectivity index (χ2v) is 14.0. The van der Waals surface area contributed by atoms with Gasteiger partial charge in [-0.05, 0) is 74.3 Å². The fraction of sp³-hybridized carbons (Fsp3) is 0.0196. The highest BCUT2D eigenvalue weighted by molar-refractivity contribution is 6.19. The molecule has 10 aromatic rings. The monoisotopic (exact) mass is 675 g/mol. The Bertz CT molecular complexity index is 2970. The van der Waals surface area contributed by atoms with E-state index < -0.39 is 5.41 Å². The standard InChI is InChI=1S/C51H33NO/c1-3-18-35(19-4-1)51(36-20-5-2-6-21-36)42-27-13-11-25-40(42)49-43(51)28-15-29-44(49)52(45-30-16-32-48-50(45)41-26-12-14-31-47(41)53-48)46-33-34-17-7-8-22-37(34)38-23-9-10-24-39(38)46/h1-33H. The minimum atomic E-state index is -0.518. The van der Waals surface area contributed by atoms with Gasteiger partial charge in [0, 0.05) is 16.3 Å². The Labute approximate surface area is 307 Å². The summed E-state index contributed by atoms with van der Waals surface area (Å²) in [6, 6.07) is 72.9. The van der Waals surface area contributed by atoms with Gasteiger partial charge < -0.3 is 9.32 Å². The van der Waals surface area contributed by atoms with Crippen LogP contribution >= 0.6 is 0 Å². The van der Waals surface area contributed by atoms with Crippen LogP contribution in [0.25, 0.3) is 54.6 Å². The van der Waals surface area contributed by atoms with Crippen LogP contribution in [0.5, 0.6) is 0 Å². The summed E-state index contributed by atoms with van der Waals surface area (Å²) in [6.45, 7) is 0. The van der Waals surface area contributed by atoms with E-state index in [0.29, 0.717) is 0 Å². The average Bonchev–Trinajstić information content (AvgIpc) is 3.77. The molecule has 53 heavy (non-hydrogen) atoms. The van der Waals surface area contributed by atoms with E-state index in [-0.39, 0.29) is 0 Å². The van der Waals surface area contributed by atoms with Crippen molar-refractivity contribution in [3.63, 3.8) is 0 Å². The van der Waals surface area contributed by atoms with Gasteiger partial charge in [-0.25, -0.2) is 0 Å². The molecule has 1 aliphatic rings. The fourth-order valence-corrected chi connectivity index (χ4v) is 9.21. The van der Waals surface area contributed by atoms with E-state index >= 15 is 0 Å². The molecule has 0 aliphatic heterocycles. The maximum Gasteiger partial charge on any atom is 0.137 e. The summed E-state index contributed by atoms with van der Waals surface area (Å²) >= 11 is 0. The van der Waals surface area contributed by atoms with E-state index in [9.17, 15) is 0 Å². The molecule has 0 fully saturated rings. The number of anilines is 3. The Kier molecular flexibility index (Phi) is 6.50. The summed E-state index contributed by atoms with van der Waals surface area (Å²) < 4.78 is 6.54. The van der Waals surface area contributed by atoms with Crippen molar-refractivity contribution < 1.29 is 4.42 Å². The second-order valence-electron chi connectivity index (χ2n) is 14.0. The van der Waals surface area contributed by atoms with Gasteiger partial charge >= 0.3 is 0 Å². The van der Waals surface area contributed by atoms with Crippen LogP contribution in [0.1, 0.15) is 22.3 Å². The third-order valence-electron chi connectivity index (χ3n) is 11.3. The molecule has 0 saturated heterocycles. The number of hydrogen-bond acceptors (Lipinski definition) is 2. The van der Waals surface area contributed by atoms with Crippen molar-refractivity contribution in [3.05, 3.63) is 222 Å². The molecule has 1 aromatic heterocycles. The smallest absolute Gasteiger partial charge is 0.137 e. The first kappa shape index (κ1) is 29.8. The first-order chi connectivity index (χ1) is 26.3. The molecule has 0 atom stereocenters. The largest absolute Gasteiger partial charge is 0.456 e. The maximum absolute atomic E-state index is 6.54. The first-order valence-electron chi connectivity index (χ1n) is 18.3. The summed E-state index contributed by atoms with van der Waals surface area (Å²) in [7, 11) is 0. The van der Waals surface area contributed by atoms with Crippen molar-refractivity contribution >= 4 is 60.5 Å². The molecule has 0 spiro atoms. The van der Waals surface area contributed by atoms with Crippen LogP contribution in [-0.4, -0.2) is 0 Å². The lowest BCUT2D eigenvalue weighted by atomic mass is 9.68. The molecular weight excluding hydrogens is 643 g/mol. The Morgan fingerprint density at radius 1 is 0.377 bits per heavy atom. The van der Waals surface area contributed by atoms with Crippen molar-refractivity contribution in [2.45, 2.75) is 5.41 Å². The van der Waals surface area contributed by atoms with Crippen molar-refractivity contribution in [2.24, 2.45) is 0 Å². The Morgan fingerprint density at radius 2 is 0.943 bits per heavy atom. The van der Waals surface area contributed by atoms with Gasteiger partial charge in [-0.3, -0.25) is 0 Å². The second kappa shape index (κ2) is 11.6. The molecule has 0 bridgehead atoms. The molecule has 0 amide bonds. The third kappa shape index (κ3) is 4.21. The zero-order valence-corrected chi connectivity index (χ0v) is 28.9. The van der Waals surface area contributed by atoms with Gasteiger partial charge in [0.15, 0.2) is 0 Å². The minimum Gasteiger partial charge on any atom is -0.456 e. The molecule has 2 heteroatoms. The third-order valence-corrected chi connectivity index (χ3v) is 11.3. The average molecular weight is 676 g/mol. The van der Waals surface area contributed by atoms with Crippen LogP contribution < -0.4 is 4.90 Å². The van der Waals surface area contributed by atoms with E-state index in [1.165, 1.54) is 54.9 Å². The molecule has 1 aliphatic carbocycles. The normalized spacial score (nSPS) is 13.1. The minimum absolute atomic E-state index is 0.518. The number of rotatable bonds is 5. The zero-order valence-electron chi connectivity index (χ0n) is 28.9. The van der Waals surface area contributed by atoms with Crippen LogP contribution in [0, 0.1) is 0 Å². The van der Waals surface area contributed by atoms with Gasteiger partial charge in [-0.15, -0.1) is 0 Å². The van der Waals surface area contributed by atoms with Gasteiger partial charge in [0.1, 0.15) is 11.2 Å².